The van der Waals surface area contributed by atoms with Crippen LogP contribution in [0.4, 0.5) is 0 Å². The summed E-state index contributed by atoms with van der Waals surface area (Å²) in [4.78, 5) is 101. The molecule has 80 heavy (non-hydrogen) atoms. The molecule has 458 valence electrons. The third-order valence-corrected chi connectivity index (χ3v) is 16.9. The van der Waals surface area contributed by atoms with E-state index < -0.39 is 81.3 Å². The second-order valence-electron chi connectivity index (χ2n) is 22.8. The van der Waals surface area contributed by atoms with Crippen LogP contribution in [0.25, 0.3) is 0 Å². The molecule has 1 aromatic heterocycles. The van der Waals surface area contributed by atoms with Gasteiger partial charge in [0.25, 0.3) is 0 Å². The molecule has 0 spiro atoms. The molecular formula is C58H97N3O17S2. The first-order valence-corrected chi connectivity index (χ1v) is 30.6. The van der Waals surface area contributed by atoms with Crippen LogP contribution in [0.15, 0.2) is 29.4 Å². The number of unbranched alkanes of at least 4 members (excludes halogenated alkanes) is 1. The van der Waals surface area contributed by atoms with Crippen molar-refractivity contribution >= 4 is 63.3 Å². The number of carboxylic acids is 1. The molecule has 0 saturated carbocycles. The molecule has 1 fully saturated rings. The molecule has 20 nitrogen and oxygen atoms in total. The number of carbonyl (C=O) groups excluding carboxylic acids is 6. The zero-order valence-corrected chi connectivity index (χ0v) is 52.1. The van der Waals surface area contributed by atoms with E-state index in [1.54, 1.807) is 40.8 Å². The summed E-state index contributed by atoms with van der Waals surface area (Å²) in [6, 6.07) is 4.88. The third-order valence-electron chi connectivity index (χ3n) is 14.7. The molecule has 1 aromatic rings. The number of aromatic nitrogens is 1. The molecule has 2 heterocycles. The summed E-state index contributed by atoms with van der Waals surface area (Å²) in [5.74, 6) is -4.04. The van der Waals surface area contributed by atoms with Gasteiger partial charge in [0.2, 0.25) is 5.91 Å². The number of hydrogen-bond donors (Lipinski definition) is 2. The number of esters is 5. The molecule has 0 aliphatic carbocycles. The number of likely N-dealkylation sites (N-methyl/N-ethyl adjacent to an activating group) is 1. The van der Waals surface area contributed by atoms with E-state index in [-0.39, 0.29) is 116 Å². The second kappa shape index (κ2) is 35.8. The zero-order valence-electron chi connectivity index (χ0n) is 50.4. The number of amides is 1. The van der Waals surface area contributed by atoms with Gasteiger partial charge in [-0.05, 0) is 129 Å². The van der Waals surface area contributed by atoms with Gasteiger partial charge in [-0.2, -0.15) is 0 Å². The summed E-state index contributed by atoms with van der Waals surface area (Å²) in [5, 5.41) is 14.9. The molecule has 1 saturated heterocycles. The number of carbonyl (C=O) groups is 7. The van der Waals surface area contributed by atoms with Crippen LogP contribution in [0.3, 0.4) is 0 Å². The molecule has 2 N–H and O–H groups in total. The van der Waals surface area contributed by atoms with Crippen molar-refractivity contribution in [1.82, 2.24) is 15.2 Å². The van der Waals surface area contributed by atoms with Crippen molar-refractivity contribution < 1.29 is 81.3 Å². The van der Waals surface area contributed by atoms with E-state index in [0.29, 0.717) is 38.0 Å². The van der Waals surface area contributed by atoms with E-state index in [9.17, 15) is 38.7 Å². The third kappa shape index (κ3) is 24.0. The molecule has 1 amide bonds. The van der Waals surface area contributed by atoms with E-state index in [4.69, 9.17) is 42.6 Å². The molecule has 22 heteroatoms. The average molecular weight is 1170 g/mol. The minimum Gasteiger partial charge on any atom is -0.481 e. The lowest BCUT2D eigenvalue weighted by molar-refractivity contribution is -0.255. The predicted molar refractivity (Wildman–Crippen MR) is 305 cm³/mol. The first kappa shape index (κ1) is 72.0. The van der Waals surface area contributed by atoms with Gasteiger partial charge in [0.1, 0.15) is 37.0 Å². The van der Waals surface area contributed by atoms with Crippen LogP contribution in [-0.4, -0.2) is 167 Å². The Balaban J connectivity index is 2.23. The van der Waals surface area contributed by atoms with Crippen LogP contribution in [0.2, 0.25) is 0 Å². The molecule has 1 aliphatic rings. The Morgan fingerprint density at radius 3 is 1.89 bits per heavy atom. The van der Waals surface area contributed by atoms with Crippen LogP contribution in [-0.2, 0) is 76.2 Å². The van der Waals surface area contributed by atoms with E-state index >= 15 is 0 Å². The summed E-state index contributed by atoms with van der Waals surface area (Å²) >= 11 is 0. The van der Waals surface area contributed by atoms with Gasteiger partial charge in [0.05, 0.1) is 72.8 Å². The standard InChI is InChI=1S/C58H97N3O17S2/c1-15-19-28-73-53(69)57(12,40-58(23-16-2,49(64)65)38-54(8,9)50(66)76-36-37-79-80-45-22-20-21-26-59-45)39-56(11,52(68)74-29-27-61(13)14)25-24-55(10,18-4)51(67)75-35-33-71-31-30-70-32-34-72-48-46(60-42(6)62)47(77-43(7)63)41(5)44(17-3)78-48/h20-22,26,41,44,46-48H,15-19,23-25,27-40H2,1-14H3,(H,60,62)(H,64,65)/t41-,44+,46+,47-,48+,55?,56?,57?,58?/m0/s1. The van der Waals surface area contributed by atoms with Gasteiger partial charge in [0, 0.05) is 38.3 Å². The van der Waals surface area contributed by atoms with E-state index in [2.05, 4.69) is 10.3 Å². The predicted octanol–water partition coefficient (Wildman–Crippen LogP) is 8.89. The fourth-order valence-corrected chi connectivity index (χ4v) is 11.8. The minimum absolute atomic E-state index is 0.0462. The van der Waals surface area contributed by atoms with Crippen LogP contribution < -0.4 is 5.32 Å². The number of pyridine rings is 1. The zero-order chi connectivity index (χ0) is 60.2. The van der Waals surface area contributed by atoms with Crippen LogP contribution in [0.5, 0.6) is 0 Å². The Hall–Kier alpha value is -4.06. The first-order chi connectivity index (χ1) is 37.7. The molecule has 0 radical (unpaired) electrons. The summed E-state index contributed by atoms with van der Waals surface area (Å²) in [5.41, 5.74) is -7.06. The molecule has 2 rings (SSSR count). The molecular weight excluding hydrogens is 1070 g/mol. The lowest BCUT2D eigenvalue weighted by Gasteiger charge is -2.44. The van der Waals surface area contributed by atoms with Crippen molar-refractivity contribution in [3.63, 3.8) is 0 Å². The van der Waals surface area contributed by atoms with Crippen LogP contribution >= 0.6 is 21.6 Å². The molecule has 4 unspecified atom stereocenters. The van der Waals surface area contributed by atoms with E-state index in [0.717, 1.165) is 11.4 Å². The molecule has 9 atom stereocenters. The Morgan fingerprint density at radius 2 is 1.31 bits per heavy atom. The van der Waals surface area contributed by atoms with Gasteiger partial charge in [-0.3, -0.25) is 33.6 Å². The monoisotopic (exact) mass is 1170 g/mol. The Bertz CT molecular complexity index is 2070. The highest BCUT2D eigenvalue weighted by Gasteiger charge is 2.55. The fourth-order valence-electron chi connectivity index (χ4n) is 10.1. The summed E-state index contributed by atoms with van der Waals surface area (Å²) in [6.07, 6.45) is 2.34. The largest absolute Gasteiger partial charge is 0.481 e. The van der Waals surface area contributed by atoms with Gasteiger partial charge >= 0.3 is 35.8 Å². The van der Waals surface area contributed by atoms with Crippen molar-refractivity contribution in [2.45, 2.75) is 183 Å². The molecule has 0 aromatic carbocycles. The quantitative estimate of drug-likeness (QED) is 0.0269. The van der Waals surface area contributed by atoms with Crippen LogP contribution in [0.1, 0.15) is 154 Å². The fraction of sp³-hybridized carbons (Fsp3) is 0.793. The van der Waals surface area contributed by atoms with E-state index in [1.807, 2.05) is 71.8 Å². The minimum atomic E-state index is -1.64. The van der Waals surface area contributed by atoms with Crippen LogP contribution in [0, 0.1) is 33.0 Å². The average Bonchev–Trinajstić information content (AvgIpc) is 3.43. The highest BCUT2D eigenvalue weighted by molar-refractivity contribution is 8.76. The Labute approximate surface area is 484 Å². The SMILES string of the molecule is CCCCOC(=O)C(C)(CC(C)(CCC(C)(CC)C(=O)OCCOCCOCCO[C@@H]1O[C@H](CC)[C@H](C)[C@H](OC(C)=O)[C@H]1NC(C)=O)C(=O)OCCN(C)C)CC(CCC)(CC(C)(C)C(=O)OCCSSc1ccccn1)C(=O)O. The first-order valence-electron chi connectivity index (χ1n) is 28.3. The molecule has 0 bridgehead atoms. The molecule has 1 aliphatic heterocycles. The van der Waals surface area contributed by atoms with E-state index in [1.165, 1.54) is 35.4 Å². The van der Waals surface area contributed by atoms with Gasteiger partial charge in [-0.25, -0.2) is 4.98 Å². The van der Waals surface area contributed by atoms with Gasteiger partial charge < -0.3 is 58.0 Å². The van der Waals surface area contributed by atoms with Gasteiger partial charge in [-0.1, -0.05) is 64.3 Å². The highest BCUT2D eigenvalue weighted by atomic mass is 33.1. The smallest absolute Gasteiger partial charge is 0.311 e. The highest BCUT2D eigenvalue weighted by Crippen LogP contribution is 2.52. The lowest BCUT2D eigenvalue weighted by Crippen LogP contribution is -2.62. The topological polar surface area (TPSA) is 251 Å². The van der Waals surface area contributed by atoms with Gasteiger partial charge in [-0.15, -0.1) is 0 Å². The number of rotatable bonds is 41. The summed E-state index contributed by atoms with van der Waals surface area (Å²) < 4.78 is 52.5. The Morgan fingerprint density at radius 1 is 0.713 bits per heavy atom. The number of aliphatic carboxylic acids is 1. The summed E-state index contributed by atoms with van der Waals surface area (Å²) in [7, 11) is 6.62. The maximum atomic E-state index is 14.6. The maximum Gasteiger partial charge on any atom is 0.311 e. The van der Waals surface area contributed by atoms with Crippen molar-refractivity contribution in [2.24, 2.45) is 33.0 Å². The number of nitrogens with one attached hydrogen (secondary N) is 1. The number of nitrogens with zero attached hydrogens (tertiary/aromatic N) is 2. The van der Waals surface area contributed by atoms with Crippen molar-refractivity contribution in [1.29, 1.82) is 0 Å². The van der Waals surface area contributed by atoms with Crippen molar-refractivity contribution in [3.8, 4) is 0 Å². The Kier molecular flexibility index (Phi) is 32.3. The summed E-state index contributed by atoms with van der Waals surface area (Å²) in [6.45, 7) is 21.9. The van der Waals surface area contributed by atoms with Gasteiger partial charge in [0.15, 0.2) is 6.29 Å². The number of hydrogen-bond acceptors (Lipinski definition) is 20. The number of ether oxygens (including phenoxy) is 9. The van der Waals surface area contributed by atoms with Crippen molar-refractivity contribution in [3.05, 3.63) is 24.4 Å². The maximum absolute atomic E-state index is 14.6. The lowest BCUT2D eigenvalue weighted by atomic mass is 9.59. The normalized spacial score (nSPS) is 20.5. The second-order valence-corrected chi connectivity index (χ2v) is 25.2. The van der Waals surface area contributed by atoms with Crippen molar-refractivity contribution in [2.75, 3.05) is 85.9 Å². The number of carboxylic acid groups (broad SMARTS) is 1.